The summed E-state index contributed by atoms with van der Waals surface area (Å²) in [6.07, 6.45) is -0.916. The zero-order chi connectivity index (χ0) is 15.9. The molecule has 0 aliphatic carbocycles. The topological polar surface area (TPSA) is 72.9 Å². The third-order valence-corrected chi connectivity index (χ3v) is 3.32. The Hall–Kier alpha value is -2.32. The number of aromatic nitrogens is 4. The van der Waals surface area contributed by atoms with Gasteiger partial charge in [0.1, 0.15) is 12.4 Å². The van der Waals surface area contributed by atoms with Crippen molar-refractivity contribution in [3.63, 3.8) is 0 Å². The number of alkyl halides is 3. The Morgan fingerprint density at radius 1 is 1.27 bits per heavy atom. The van der Waals surface area contributed by atoms with Gasteiger partial charge in [0, 0.05) is 37.3 Å². The van der Waals surface area contributed by atoms with E-state index in [4.69, 9.17) is 5.73 Å². The molecule has 2 aromatic heterocycles. The van der Waals surface area contributed by atoms with Gasteiger partial charge in [-0.2, -0.15) is 23.3 Å². The molecule has 0 bridgehead atoms. The van der Waals surface area contributed by atoms with Gasteiger partial charge in [-0.05, 0) is 6.92 Å². The number of aryl methyl sites for hydroxylation is 1. The summed E-state index contributed by atoms with van der Waals surface area (Å²) in [4.78, 5) is 10.2. The first-order valence-electron chi connectivity index (χ1n) is 6.64. The van der Waals surface area contributed by atoms with E-state index < -0.39 is 12.7 Å². The van der Waals surface area contributed by atoms with E-state index in [1.54, 1.807) is 13.0 Å². The fourth-order valence-electron chi connectivity index (χ4n) is 2.23. The molecule has 9 heteroatoms. The minimum Gasteiger partial charge on any atom is -0.368 e. The van der Waals surface area contributed by atoms with Crippen molar-refractivity contribution in [2.75, 3.05) is 23.7 Å². The lowest BCUT2D eigenvalue weighted by Gasteiger charge is -2.31. The summed E-state index contributed by atoms with van der Waals surface area (Å²) >= 11 is 0. The molecule has 117 valence electrons. The van der Waals surface area contributed by atoms with Gasteiger partial charge in [0.05, 0.1) is 11.4 Å². The van der Waals surface area contributed by atoms with Crippen molar-refractivity contribution in [2.45, 2.75) is 19.6 Å². The molecule has 0 amide bonds. The molecular weight excluding hydrogens is 297 g/mol. The largest absolute Gasteiger partial charge is 0.408 e. The zero-order valence-corrected chi connectivity index (χ0v) is 11.8. The number of anilines is 2. The maximum Gasteiger partial charge on any atom is 0.408 e. The van der Waals surface area contributed by atoms with Crippen molar-refractivity contribution in [1.29, 1.82) is 0 Å². The van der Waals surface area contributed by atoms with Crippen LogP contribution in [0.4, 0.5) is 24.9 Å². The van der Waals surface area contributed by atoms with E-state index in [1.165, 1.54) is 6.20 Å². The van der Waals surface area contributed by atoms with Crippen molar-refractivity contribution in [1.82, 2.24) is 19.7 Å². The second-order valence-corrected chi connectivity index (χ2v) is 5.10. The number of rotatable bonds is 3. The monoisotopic (exact) mass is 311 g/mol. The Morgan fingerprint density at radius 3 is 2.59 bits per heavy atom. The molecular formula is C13H14F3N6. The quantitative estimate of drug-likeness (QED) is 0.936. The van der Waals surface area contributed by atoms with E-state index in [-0.39, 0.29) is 5.95 Å². The van der Waals surface area contributed by atoms with E-state index in [2.05, 4.69) is 21.5 Å². The average molecular weight is 311 g/mol. The molecule has 3 heterocycles. The summed E-state index contributed by atoms with van der Waals surface area (Å²) in [7, 11) is 0. The van der Waals surface area contributed by atoms with Gasteiger partial charge in [0.2, 0.25) is 5.95 Å². The van der Waals surface area contributed by atoms with Crippen LogP contribution < -0.4 is 10.6 Å². The van der Waals surface area contributed by atoms with Crippen molar-refractivity contribution < 1.29 is 13.2 Å². The Labute approximate surface area is 124 Å². The van der Waals surface area contributed by atoms with Gasteiger partial charge in [0.15, 0.2) is 0 Å². The van der Waals surface area contributed by atoms with Crippen LogP contribution >= 0.6 is 0 Å². The van der Waals surface area contributed by atoms with Gasteiger partial charge in [-0.3, -0.25) is 4.68 Å². The van der Waals surface area contributed by atoms with E-state index in [0.717, 1.165) is 17.8 Å². The normalized spacial score (nSPS) is 15.0. The van der Waals surface area contributed by atoms with Gasteiger partial charge in [-0.15, -0.1) is 0 Å². The summed E-state index contributed by atoms with van der Waals surface area (Å²) in [6.45, 7) is 2.03. The highest BCUT2D eigenvalue weighted by atomic mass is 19.4. The molecule has 6 nitrogen and oxygen atoms in total. The van der Waals surface area contributed by atoms with Crippen LogP contribution in [0.15, 0.2) is 12.3 Å². The molecule has 22 heavy (non-hydrogen) atoms. The number of hydrogen-bond donors (Lipinski definition) is 1. The molecule has 0 spiro atoms. The first-order chi connectivity index (χ1) is 10.3. The minimum absolute atomic E-state index is 0.0855. The zero-order valence-electron chi connectivity index (χ0n) is 11.8. The molecule has 1 aliphatic rings. The molecule has 2 aromatic rings. The first kappa shape index (κ1) is 14.6. The lowest BCUT2D eigenvalue weighted by atomic mass is 10.1. The highest BCUT2D eigenvalue weighted by molar-refractivity contribution is 5.66. The summed E-state index contributed by atoms with van der Waals surface area (Å²) in [5.74, 6) is 0.746. The molecule has 0 unspecified atom stereocenters. The second-order valence-electron chi connectivity index (χ2n) is 5.10. The molecule has 1 aliphatic heterocycles. The SMILES string of the molecule is Cc1nn(CC(F)(F)F)cc1-c1cc(N2C[CH]C2)nc(N)n1. The van der Waals surface area contributed by atoms with Crippen LogP contribution in [0.1, 0.15) is 5.69 Å². The summed E-state index contributed by atoms with van der Waals surface area (Å²) < 4.78 is 38.2. The molecule has 1 radical (unpaired) electrons. The number of hydrogen-bond acceptors (Lipinski definition) is 5. The molecule has 1 fully saturated rings. The van der Waals surface area contributed by atoms with E-state index in [9.17, 15) is 13.2 Å². The van der Waals surface area contributed by atoms with Crippen molar-refractivity contribution in [2.24, 2.45) is 0 Å². The van der Waals surface area contributed by atoms with Crippen molar-refractivity contribution in [3.8, 4) is 11.3 Å². The van der Waals surface area contributed by atoms with Gasteiger partial charge in [-0.25, -0.2) is 4.98 Å². The van der Waals surface area contributed by atoms with Crippen LogP contribution in [-0.4, -0.2) is 39.0 Å². The van der Waals surface area contributed by atoms with Gasteiger partial charge >= 0.3 is 6.18 Å². The van der Waals surface area contributed by atoms with Crippen LogP contribution in [0.2, 0.25) is 0 Å². The predicted octanol–water partition coefficient (Wildman–Crippen LogP) is 1.82. The Morgan fingerprint density at radius 2 is 2.00 bits per heavy atom. The maximum atomic E-state index is 12.5. The van der Waals surface area contributed by atoms with Crippen LogP contribution in [0.3, 0.4) is 0 Å². The molecule has 3 rings (SSSR count). The smallest absolute Gasteiger partial charge is 0.368 e. The molecule has 2 N–H and O–H groups in total. The molecule has 0 saturated carbocycles. The lowest BCUT2D eigenvalue weighted by Crippen LogP contribution is -2.38. The van der Waals surface area contributed by atoms with Gasteiger partial charge in [0.25, 0.3) is 0 Å². The number of nitrogen functional groups attached to an aromatic ring is 1. The van der Waals surface area contributed by atoms with E-state index in [0.29, 0.717) is 22.8 Å². The van der Waals surface area contributed by atoms with Crippen LogP contribution in [0.25, 0.3) is 11.3 Å². The third kappa shape index (κ3) is 2.97. The third-order valence-electron chi connectivity index (χ3n) is 3.32. The predicted molar refractivity (Wildman–Crippen MR) is 75.0 cm³/mol. The number of halogens is 3. The standard InChI is InChI=1S/C13H14F3N6/c1-8-9(6-22(20-8)7-13(14,15)16)10-5-11(19-12(17)18-10)21-3-2-4-21/h2,5-6H,3-4,7H2,1H3,(H2,17,18,19). The lowest BCUT2D eigenvalue weighted by molar-refractivity contribution is -0.142. The van der Waals surface area contributed by atoms with Crippen molar-refractivity contribution >= 4 is 11.8 Å². The van der Waals surface area contributed by atoms with E-state index in [1.807, 2.05) is 4.90 Å². The highest BCUT2D eigenvalue weighted by Crippen LogP contribution is 2.27. The molecule has 0 atom stereocenters. The summed E-state index contributed by atoms with van der Waals surface area (Å²) in [5, 5.41) is 3.89. The highest BCUT2D eigenvalue weighted by Gasteiger charge is 2.29. The summed E-state index contributed by atoms with van der Waals surface area (Å²) in [6, 6.07) is 1.71. The Balaban J connectivity index is 1.95. The van der Waals surface area contributed by atoms with Crippen molar-refractivity contribution in [3.05, 3.63) is 24.4 Å². The number of nitrogens with two attached hydrogens (primary N) is 1. The Kier molecular flexibility index (Phi) is 3.42. The fraction of sp³-hybridized carbons (Fsp3) is 0.385. The maximum absolute atomic E-state index is 12.5. The summed E-state index contributed by atoms with van der Waals surface area (Å²) in [5.41, 5.74) is 7.16. The fourth-order valence-corrected chi connectivity index (χ4v) is 2.23. The Bertz CT molecular complexity index is 690. The number of nitrogens with zero attached hydrogens (tertiary/aromatic N) is 5. The second kappa shape index (κ2) is 5.15. The average Bonchev–Trinajstić information content (AvgIpc) is 2.64. The first-order valence-corrected chi connectivity index (χ1v) is 6.64. The van der Waals surface area contributed by atoms with Gasteiger partial charge in [-0.1, -0.05) is 0 Å². The van der Waals surface area contributed by atoms with Gasteiger partial charge < -0.3 is 10.6 Å². The van der Waals surface area contributed by atoms with E-state index >= 15 is 0 Å². The molecule has 1 saturated heterocycles. The van der Waals surface area contributed by atoms with Crippen LogP contribution in [-0.2, 0) is 6.54 Å². The minimum atomic E-state index is -4.32. The molecule has 0 aromatic carbocycles. The van der Waals surface area contributed by atoms with Crippen LogP contribution in [0, 0.1) is 13.3 Å². The van der Waals surface area contributed by atoms with Crippen LogP contribution in [0.5, 0.6) is 0 Å².